The molecule has 4 N–H and O–H groups in total. The lowest BCUT2D eigenvalue weighted by atomic mass is 10.0. The first kappa shape index (κ1) is 23.9. The number of para-hydroxylation sites is 1. The van der Waals surface area contributed by atoms with Gasteiger partial charge in [0.15, 0.2) is 5.11 Å². The van der Waals surface area contributed by atoms with Crippen LogP contribution in [-0.4, -0.2) is 54.1 Å². The second kappa shape index (κ2) is 12.3. The summed E-state index contributed by atoms with van der Waals surface area (Å²) in [6.45, 7) is 5.58. The van der Waals surface area contributed by atoms with Crippen LogP contribution in [0, 0.1) is 0 Å². The van der Waals surface area contributed by atoms with Crippen LogP contribution in [0.3, 0.4) is 0 Å². The predicted molar refractivity (Wildman–Crippen MR) is 137 cm³/mol. The molecule has 1 atom stereocenters. The molecule has 2 aromatic rings. The maximum Gasteiger partial charge on any atom is 0.168 e. The third-order valence-corrected chi connectivity index (χ3v) is 6.71. The second-order valence-corrected chi connectivity index (χ2v) is 9.27. The molecular weight excluding hydrogens is 424 g/mol. The standard InChI is InChI=1S/C24H34N4OS2/c1-31-23-12-11-19(18-21(23)26-24(25)30)22(29)10-6-3-7-13-27-14-16-28(17-15-27)20-8-4-2-5-9-20/h2,4-5,8-9,11-12,18,22,29H,3,6-7,10,13-17H2,1H3,(H3,25,26,30). The molecule has 1 aliphatic rings. The van der Waals surface area contributed by atoms with Gasteiger partial charge in [0.2, 0.25) is 0 Å². The highest BCUT2D eigenvalue weighted by Gasteiger charge is 2.16. The molecule has 0 radical (unpaired) electrons. The van der Waals surface area contributed by atoms with E-state index >= 15 is 0 Å². The smallest absolute Gasteiger partial charge is 0.168 e. The van der Waals surface area contributed by atoms with Gasteiger partial charge in [-0.1, -0.05) is 37.1 Å². The summed E-state index contributed by atoms with van der Waals surface area (Å²) < 4.78 is 0. The van der Waals surface area contributed by atoms with Crippen molar-refractivity contribution in [2.45, 2.75) is 36.7 Å². The van der Waals surface area contributed by atoms with Crippen molar-refractivity contribution in [1.82, 2.24) is 4.90 Å². The number of nitrogens with two attached hydrogens (primary N) is 1. The monoisotopic (exact) mass is 458 g/mol. The van der Waals surface area contributed by atoms with Crippen LogP contribution >= 0.6 is 24.0 Å². The van der Waals surface area contributed by atoms with E-state index in [4.69, 9.17) is 18.0 Å². The van der Waals surface area contributed by atoms with Crippen LogP contribution in [0.15, 0.2) is 53.4 Å². The molecule has 0 saturated carbocycles. The van der Waals surface area contributed by atoms with Gasteiger partial charge < -0.3 is 21.1 Å². The van der Waals surface area contributed by atoms with Crippen LogP contribution in [0.1, 0.15) is 37.4 Å². The number of thioether (sulfide) groups is 1. The van der Waals surface area contributed by atoms with Crippen LogP contribution in [0.25, 0.3) is 0 Å². The van der Waals surface area contributed by atoms with Crippen LogP contribution in [-0.2, 0) is 0 Å². The summed E-state index contributed by atoms with van der Waals surface area (Å²) in [6.07, 6.45) is 5.66. The summed E-state index contributed by atoms with van der Waals surface area (Å²) in [4.78, 5) is 6.09. The molecular formula is C24H34N4OS2. The molecule has 0 aromatic heterocycles. The molecule has 168 valence electrons. The van der Waals surface area contributed by atoms with E-state index in [0.717, 1.165) is 68.1 Å². The normalized spacial score (nSPS) is 15.6. The van der Waals surface area contributed by atoms with Crippen molar-refractivity contribution in [3.8, 4) is 0 Å². The minimum absolute atomic E-state index is 0.242. The van der Waals surface area contributed by atoms with E-state index in [-0.39, 0.29) is 5.11 Å². The highest BCUT2D eigenvalue weighted by molar-refractivity contribution is 7.98. The Kier molecular flexibility index (Phi) is 9.46. The minimum atomic E-state index is -0.461. The molecule has 1 aliphatic heterocycles. The van der Waals surface area contributed by atoms with Gasteiger partial charge in [0, 0.05) is 36.8 Å². The van der Waals surface area contributed by atoms with Crippen molar-refractivity contribution < 1.29 is 5.11 Å². The largest absolute Gasteiger partial charge is 0.388 e. The van der Waals surface area contributed by atoms with Gasteiger partial charge in [-0.2, -0.15) is 0 Å². The number of piperazine rings is 1. The number of nitrogens with one attached hydrogen (secondary N) is 1. The molecule has 7 heteroatoms. The Morgan fingerprint density at radius 1 is 1.10 bits per heavy atom. The Labute approximate surface area is 196 Å². The topological polar surface area (TPSA) is 64.8 Å². The van der Waals surface area contributed by atoms with Gasteiger partial charge in [-0.25, -0.2) is 0 Å². The van der Waals surface area contributed by atoms with Crippen molar-refractivity contribution in [3.63, 3.8) is 0 Å². The third-order valence-electron chi connectivity index (χ3n) is 5.81. The van der Waals surface area contributed by atoms with Crippen molar-refractivity contribution in [1.29, 1.82) is 0 Å². The minimum Gasteiger partial charge on any atom is -0.388 e. The van der Waals surface area contributed by atoms with Crippen molar-refractivity contribution in [3.05, 3.63) is 54.1 Å². The van der Waals surface area contributed by atoms with E-state index in [1.54, 1.807) is 11.8 Å². The molecule has 1 heterocycles. The van der Waals surface area contributed by atoms with Crippen molar-refractivity contribution in [2.24, 2.45) is 5.73 Å². The SMILES string of the molecule is CSc1ccc(C(O)CCCCCN2CCN(c3ccccc3)CC2)cc1NC(N)=S. The number of aliphatic hydroxyl groups is 1. The maximum absolute atomic E-state index is 10.6. The average molecular weight is 459 g/mol. The summed E-state index contributed by atoms with van der Waals surface area (Å²) in [5.41, 5.74) is 8.73. The molecule has 0 aliphatic carbocycles. The first-order chi connectivity index (χ1) is 15.1. The summed E-state index contributed by atoms with van der Waals surface area (Å²) in [6, 6.07) is 16.6. The van der Waals surface area contributed by atoms with Crippen LogP contribution in [0.5, 0.6) is 0 Å². The number of nitrogens with zero attached hydrogens (tertiary/aromatic N) is 2. The maximum atomic E-state index is 10.6. The molecule has 31 heavy (non-hydrogen) atoms. The first-order valence-corrected chi connectivity index (χ1v) is 12.6. The van der Waals surface area contributed by atoms with Gasteiger partial charge in [0.05, 0.1) is 11.8 Å². The average Bonchev–Trinajstić information content (AvgIpc) is 2.79. The molecule has 2 aromatic carbocycles. The van der Waals surface area contributed by atoms with E-state index in [1.165, 1.54) is 12.1 Å². The number of hydrogen-bond donors (Lipinski definition) is 3. The van der Waals surface area contributed by atoms with Gasteiger partial charge in [-0.15, -0.1) is 11.8 Å². The number of benzene rings is 2. The highest BCUT2D eigenvalue weighted by Crippen LogP contribution is 2.30. The molecule has 1 saturated heterocycles. The van der Waals surface area contributed by atoms with Crippen LogP contribution in [0.2, 0.25) is 0 Å². The quantitative estimate of drug-likeness (QED) is 0.276. The fraction of sp³-hybridized carbons (Fsp3) is 0.458. The van der Waals surface area contributed by atoms with Gasteiger partial charge in [-0.3, -0.25) is 4.90 Å². The van der Waals surface area contributed by atoms with E-state index < -0.39 is 6.10 Å². The number of aliphatic hydroxyl groups excluding tert-OH is 1. The summed E-state index contributed by atoms with van der Waals surface area (Å²) in [7, 11) is 0. The Morgan fingerprint density at radius 2 is 1.84 bits per heavy atom. The highest BCUT2D eigenvalue weighted by atomic mass is 32.2. The van der Waals surface area contributed by atoms with E-state index in [1.807, 2.05) is 24.5 Å². The fourth-order valence-electron chi connectivity index (χ4n) is 4.05. The van der Waals surface area contributed by atoms with Gasteiger partial charge in [0.1, 0.15) is 0 Å². The lowest BCUT2D eigenvalue weighted by Gasteiger charge is -2.36. The Bertz CT molecular complexity index is 826. The lowest BCUT2D eigenvalue weighted by molar-refractivity contribution is 0.162. The fourth-order valence-corrected chi connectivity index (χ4v) is 4.69. The molecule has 0 bridgehead atoms. The van der Waals surface area contributed by atoms with Crippen LogP contribution < -0.4 is 16.0 Å². The number of hydrogen-bond acceptors (Lipinski definition) is 5. The molecule has 3 rings (SSSR count). The van der Waals surface area contributed by atoms with E-state index in [2.05, 4.69) is 45.4 Å². The van der Waals surface area contributed by atoms with Crippen molar-refractivity contribution >= 4 is 40.5 Å². The van der Waals surface area contributed by atoms with Gasteiger partial charge in [0.25, 0.3) is 0 Å². The van der Waals surface area contributed by atoms with Gasteiger partial charge in [-0.05, 0) is 67.7 Å². The summed E-state index contributed by atoms with van der Waals surface area (Å²) in [5, 5.41) is 13.9. The Hall–Kier alpha value is -1.80. The number of rotatable bonds is 10. The molecule has 0 amide bonds. The zero-order valence-corrected chi connectivity index (χ0v) is 19.9. The summed E-state index contributed by atoms with van der Waals surface area (Å²) >= 11 is 6.59. The molecule has 1 fully saturated rings. The Balaban J connectivity index is 1.35. The zero-order chi connectivity index (χ0) is 22.1. The third kappa shape index (κ3) is 7.38. The number of unbranched alkanes of at least 4 members (excludes halogenated alkanes) is 2. The lowest BCUT2D eigenvalue weighted by Crippen LogP contribution is -2.46. The molecule has 5 nitrogen and oxygen atoms in total. The van der Waals surface area contributed by atoms with E-state index in [0.29, 0.717) is 0 Å². The predicted octanol–water partition coefficient (Wildman–Crippen LogP) is 4.48. The second-order valence-electron chi connectivity index (χ2n) is 7.98. The zero-order valence-electron chi connectivity index (χ0n) is 18.3. The summed E-state index contributed by atoms with van der Waals surface area (Å²) in [5.74, 6) is 0. The van der Waals surface area contributed by atoms with Crippen LogP contribution in [0.4, 0.5) is 11.4 Å². The number of anilines is 2. The van der Waals surface area contributed by atoms with E-state index in [9.17, 15) is 5.11 Å². The molecule has 0 spiro atoms. The molecule has 1 unspecified atom stereocenters. The number of thiocarbonyl (C=S) groups is 1. The Morgan fingerprint density at radius 3 is 2.52 bits per heavy atom. The first-order valence-electron chi connectivity index (χ1n) is 11.0. The van der Waals surface area contributed by atoms with Crippen molar-refractivity contribution in [2.75, 3.05) is 49.2 Å². The van der Waals surface area contributed by atoms with Gasteiger partial charge >= 0.3 is 0 Å².